The Bertz CT molecular complexity index is 60.0. The summed E-state index contributed by atoms with van der Waals surface area (Å²) in [6.07, 6.45) is 1.42. The van der Waals surface area contributed by atoms with Crippen molar-refractivity contribution < 1.29 is 9.42 Å². The number of nitrogens with zero attached hydrogens (tertiary/aromatic N) is 1. The first-order valence-electron chi connectivity index (χ1n) is 1.19. The second kappa shape index (κ2) is 9.10. The van der Waals surface area contributed by atoms with Gasteiger partial charge < -0.3 is 5.21 Å². The summed E-state index contributed by atoms with van der Waals surface area (Å²) in [7, 11) is -1.11. The van der Waals surface area contributed by atoms with Gasteiger partial charge in [0, 0.05) is 6.26 Å². The van der Waals surface area contributed by atoms with Gasteiger partial charge in [0.2, 0.25) is 0 Å². The van der Waals surface area contributed by atoms with Crippen LogP contribution < -0.4 is 5.14 Å². The first kappa shape index (κ1) is 9.72. The van der Waals surface area contributed by atoms with Gasteiger partial charge in [-0.3, -0.25) is 5.14 Å². The summed E-state index contributed by atoms with van der Waals surface area (Å²) in [6, 6.07) is 0. The molecule has 0 heterocycles. The van der Waals surface area contributed by atoms with Crippen molar-refractivity contribution in [2.24, 2.45) is 10.5 Å². The maximum absolute atomic E-state index is 9.33. The fraction of sp³-hybridized carbons (Fsp3) is 1.00. The van der Waals surface area contributed by atoms with Gasteiger partial charge >= 0.3 is 0 Å². The lowest BCUT2D eigenvalue weighted by Gasteiger charge is -1.62. The normalized spacial score (nSPS) is 10.6. The van der Waals surface area contributed by atoms with E-state index in [-0.39, 0.29) is 0 Å². The van der Waals surface area contributed by atoms with Crippen LogP contribution in [-0.2, 0) is 11.0 Å². The SMILES string of the molecule is CS(N)=O.O=NO. The van der Waals surface area contributed by atoms with Crippen LogP contribution in [0.1, 0.15) is 0 Å². The number of rotatable bonds is 0. The molecule has 0 aromatic rings. The lowest BCUT2D eigenvalue weighted by Crippen LogP contribution is -1.95. The average molecular weight is 126 g/mol. The maximum atomic E-state index is 9.33. The third-order valence-corrected chi connectivity index (χ3v) is 0. The van der Waals surface area contributed by atoms with Crippen molar-refractivity contribution in [1.82, 2.24) is 0 Å². The second-order valence-corrected chi connectivity index (χ2v) is 1.58. The molecule has 6 heteroatoms. The van der Waals surface area contributed by atoms with Crippen LogP contribution in [0.15, 0.2) is 5.34 Å². The molecule has 0 aromatic carbocycles. The van der Waals surface area contributed by atoms with E-state index in [0.717, 1.165) is 0 Å². The van der Waals surface area contributed by atoms with Gasteiger partial charge in [-0.1, -0.05) is 0 Å². The van der Waals surface area contributed by atoms with Crippen LogP contribution in [0.25, 0.3) is 0 Å². The van der Waals surface area contributed by atoms with E-state index in [1.54, 1.807) is 0 Å². The largest absolute Gasteiger partial charge is 0.379 e. The van der Waals surface area contributed by atoms with Crippen molar-refractivity contribution in [1.29, 1.82) is 0 Å². The highest BCUT2D eigenvalue weighted by atomic mass is 32.2. The van der Waals surface area contributed by atoms with Crippen molar-refractivity contribution >= 4 is 11.0 Å². The van der Waals surface area contributed by atoms with E-state index in [1.807, 2.05) is 0 Å². The molecule has 44 valence electrons. The van der Waals surface area contributed by atoms with E-state index < -0.39 is 11.0 Å². The van der Waals surface area contributed by atoms with Gasteiger partial charge in [-0.05, 0) is 0 Å². The summed E-state index contributed by atoms with van der Waals surface area (Å²) in [5, 5.41) is 12.5. The van der Waals surface area contributed by atoms with E-state index in [1.165, 1.54) is 11.6 Å². The molecular weight excluding hydrogens is 120 g/mol. The van der Waals surface area contributed by atoms with Crippen LogP contribution in [0.5, 0.6) is 0 Å². The van der Waals surface area contributed by atoms with E-state index in [0.29, 0.717) is 0 Å². The highest BCUT2D eigenvalue weighted by Gasteiger charge is 1.56. The fourth-order valence-corrected chi connectivity index (χ4v) is 0. The van der Waals surface area contributed by atoms with Crippen molar-refractivity contribution in [2.75, 3.05) is 6.26 Å². The highest BCUT2D eigenvalue weighted by molar-refractivity contribution is 7.81. The Labute approximate surface area is 43.0 Å². The minimum Gasteiger partial charge on any atom is -0.379 e. The topological polar surface area (TPSA) is 92.8 Å². The summed E-state index contributed by atoms with van der Waals surface area (Å²) >= 11 is 0. The Morgan fingerprint density at radius 2 is 1.86 bits per heavy atom. The third-order valence-electron chi connectivity index (χ3n) is 0. The quantitative estimate of drug-likeness (QED) is 0.334. The van der Waals surface area contributed by atoms with Gasteiger partial charge in [-0.25, -0.2) is 4.21 Å². The molecular formula is CH6N2O3S. The molecule has 0 saturated heterocycles. The summed E-state index contributed by atoms with van der Waals surface area (Å²) in [4.78, 5) is 8.11. The molecule has 0 fully saturated rings. The lowest BCUT2D eigenvalue weighted by atomic mass is 12.0. The van der Waals surface area contributed by atoms with Crippen molar-refractivity contribution in [3.8, 4) is 0 Å². The average Bonchev–Trinajstić information content (AvgIpc) is 1.33. The smallest absolute Gasteiger partial charge is 0.152 e. The van der Waals surface area contributed by atoms with Gasteiger partial charge in [-0.2, -0.15) is 0 Å². The zero-order chi connectivity index (χ0) is 6.28. The standard InChI is InChI=1S/CH5NOS.HNO2/c1-4(2)3;2-1-3/h2H2,1H3;(H,2,3). The molecule has 0 aliphatic heterocycles. The van der Waals surface area contributed by atoms with Crippen LogP contribution in [-0.4, -0.2) is 15.7 Å². The summed E-state index contributed by atoms with van der Waals surface area (Å²) in [5.41, 5.74) is 0. The molecule has 0 aliphatic carbocycles. The number of nitrogens with two attached hydrogens (primary N) is 1. The molecule has 5 nitrogen and oxygen atoms in total. The van der Waals surface area contributed by atoms with Gasteiger partial charge in [0.25, 0.3) is 0 Å². The third kappa shape index (κ3) is 283. The predicted molar refractivity (Wildman–Crippen MR) is 25.8 cm³/mol. The van der Waals surface area contributed by atoms with Crippen LogP contribution >= 0.6 is 0 Å². The van der Waals surface area contributed by atoms with E-state index >= 15 is 0 Å². The molecule has 7 heavy (non-hydrogen) atoms. The van der Waals surface area contributed by atoms with Gasteiger partial charge in [-0.15, -0.1) is 4.91 Å². The Balaban J connectivity index is 0. The Morgan fingerprint density at radius 3 is 1.86 bits per heavy atom. The number of hydrogen-bond donors (Lipinski definition) is 2. The summed E-state index contributed by atoms with van der Waals surface area (Å²) in [6.45, 7) is 0. The Kier molecular flexibility index (Phi) is 12.6. The molecule has 0 amide bonds. The molecule has 0 bridgehead atoms. The molecule has 0 aliphatic rings. The molecule has 1 unspecified atom stereocenters. The predicted octanol–water partition coefficient (Wildman–Crippen LogP) is -0.619. The van der Waals surface area contributed by atoms with E-state index in [2.05, 4.69) is 5.14 Å². The van der Waals surface area contributed by atoms with Crippen molar-refractivity contribution in [2.45, 2.75) is 0 Å². The van der Waals surface area contributed by atoms with Gasteiger partial charge in [0.15, 0.2) is 5.34 Å². The van der Waals surface area contributed by atoms with Gasteiger partial charge in [0.05, 0.1) is 11.0 Å². The molecule has 3 N–H and O–H groups in total. The monoisotopic (exact) mass is 126 g/mol. The van der Waals surface area contributed by atoms with Crippen LogP contribution in [0.3, 0.4) is 0 Å². The molecule has 0 spiro atoms. The molecule has 0 rings (SSSR count). The zero-order valence-electron chi connectivity index (χ0n) is 3.70. The molecule has 0 saturated carbocycles. The fourth-order valence-electron chi connectivity index (χ4n) is 0. The van der Waals surface area contributed by atoms with E-state index in [4.69, 9.17) is 10.1 Å². The van der Waals surface area contributed by atoms with Gasteiger partial charge in [0.1, 0.15) is 0 Å². The van der Waals surface area contributed by atoms with Crippen LogP contribution in [0.4, 0.5) is 0 Å². The molecule has 1 atom stereocenters. The maximum Gasteiger partial charge on any atom is 0.152 e. The molecule has 0 aromatic heterocycles. The first-order valence-corrected chi connectivity index (χ1v) is 2.81. The highest BCUT2D eigenvalue weighted by Crippen LogP contribution is 1.36. The minimum atomic E-state index is -1.11. The minimum absolute atomic E-state index is 1.11. The Morgan fingerprint density at radius 1 is 1.86 bits per heavy atom. The van der Waals surface area contributed by atoms with Crippen LogP contribution in [0.2, 0.25) is 0 Å². The summed E-state index contributed by atoms with van der Waals surface area (Å²) in [5.74, 6) is 0. The summed E-state index contributed by atoms with van der Waals surface area (Å²) < 4.78 is 9.33. The molecule has 0 radical (unpaired) electrons. The van der Waals surface area contributed by atoms with Crippen LogP contribution in [0, 0.1) is 4.91 Å². The zero-order valence-corrected chi connectivity index (χ0v) is 4.51. The Hall–Kier alpha value is -0.490. The van der Waals surface area contributed by atoms with Crippen molar-refractivity contribution in [3.63, 3.8) is 0 Å². The second-order valence-electron chi connectivity index (χ2n) is 0.580. The van der Waals surface area contributed by atoms with E-state index in [9.17, 15) is 4.21 Å². The van der Waals surface area contributed by atoms with Crippen molar-refractivity contribution in [3.05, 3.63) is 4.91 Å². The first-order chi connectivity index (χ1) is 3.15. The lowest BCUT2D eigenvalue weighted by molar-refractivity contribution is 0.312. The number of hydrogen-bond acceptors (Lipinski definition) is 3.